The Balaban J connectivity index is 1.88. The van der Waals surface area contributed by atoms with Gasteiger partial charge in [-0.2, -0.15) is 11.8 Å². The highest BCUT2D eigenvalue weighted by Gasteiger charge is 2.20. The zero-order valence-electron chi connectivity index (χ0n) is 10.7. The highest BCUT2D eigenvalue weighted by Crippen LogP contribution is 2.34. The minimum absolute atomic E-state index is 0.372. The summed E-state index contributed by atoms with van der Waals surface area (Å²) in [5, 5.41) is 3.63. The van der Waals surface area contributed by atoms with Gasteiger partial charge in [-0.05, 0) is 46.1 Å². The predicted octanol–water partition coefficient (Wildman–Crippen LogP) is 4.55. The topological polar surface area (TPSA) is 24.9 Å². The van der Waals surface area contributed by atoms with Gasteiger partial charge in [0, 0.05) is 11.5 Å². The Hall–Kier alpha value is -1.00. The van der Waals surface area contributed by atoms with E-state index >= 15 is 0 Å². The van der Waals surface area contributed by atoms with E-state index in [0.717, 1.165) is 27.5 Å². The minimum Gasteiger partial charge on any atom is -0.376 e. The smallest absolute Gasteiger partial charge is 0.106 e. The number of nitrogens with one attached hydrogen (secondary N) is 1. The van der Waals surface area contributed by atoms with Gasteiger partial charge in [0.2, 0.25) is 0 Å². The maximum atomic E-state index is 4.44. The fourth-order valence-electron chi connectivity index (χ4n) is 2.37. The Bertz CT molecular complexity index is 600. The molecule has 2 heterocycles. The largest absolute Gasteiger partial charge is 0.376 e. The number of benzene rings is 1. The molecule has 1 aliphatic rings. The SMILES string of the molecule is Cc1nc(Br)ccc1NC1CSCc2ccccc21. The number of nitrogens with zero attached hydrogens (tertiary/aromatic N) is 1. The van der Waals surface area contributed by atoms with Crippen LogP contribution < -0.4 is 5.32 Å². The summed E-state index contributed by atoms with van der Waals surface area (Å²) in [6.07, 6.45) is 0. The molecule has 0 fully saturated rings. The number of rotatable bonds is 2. The van der Waals surface area contributed by atoms with Gasteiger partial charge in [0.15, 0.2) is 0 Å². The van der Waals surface area contributed by atoms with Gasteiger partial charge < -0.3 is 5.32 Å². The van der Waals surface area contributed by atoms with Gasteiger partial charge in [-0.25, -0.2) is 4.98 Å². The molecule has 0 saturated heterocycles. The Labute approximate surface area is 126 Å². The molecular formula is C15H15BrN2S. The Morgan fingerprint density at radius 3 is 2.95 bits per heavy atom. The number of halogens is 1. The quantitative estimate of drug-likeness (QED) is 0.815. The van der Waals surface area contributed by atoms with E-state index in [1.54, 1.807) is 0 Å². The van der Waals surface area contributed by atoms with Crippen LogP contribution in [0.25, 0.3) is 0 Å². The first-order chi connectivity index (χ1) is 9.24. The molecule has 1 aromatic carbocycles. The summed E-state index contributed by atoms with van der Waals surface area (Å²) in [5.41, 5.74) is 5.01. The van der Waals surface area contributed by atoms with Gasteiger partial charge in [0.25, 0.3) is 0 Å². The van der Waals surface area contributed by atoms with Gasteiger partial charge in [0.1, 0.15) is 4.60 Å². The predicted molar refractivity (Wildman–Crippen MR) is 85.6 cm³/mol. The monoisotopic (exact) mass is 334 g/mol. The lowest BCUT2D eigenvalue weighted by Gasteiger charge is -2.27. The molecule has 2 nitrogen and oxygen atoms in total. The van der Waals surface area contributed by atoms with Crippen molar-refractivity contribution in [1.29, 1.82) is 0 Å². The zero-order chi connectivity index (χ0) is 13.2. The second kappa shape index (κ2) is 5.55. The number of thioether (sulfide) groups is 1. The Kier molecular flexibility index (Phi) is 3.80. The number of fused-ring (bicyclic) bond motifs is 1. The van der Waals surface area contributed by atoms with Gasteiger partial charge in [-0.1, -0.05) is 24.3 Å². The summed E-state index contributed by atoms with van der Waals surface area (Å²) in [6, 6.07) is 13.1. The van der Waals surface area contributed by atoms with Crippen molar-refractivity contribution in [3.8, 4) is 0 Å². The van der Waals surface area contributed by atoms with Crippen LogP contribution in [-0.2, 0) is 5.75 Å². The van der Waals surface area contributed by atoms with E-state index in [2.05, 4.69) is 56.6 Å². The first-order valence-corrected chi connectivity index (χ1v) is 8.24. The fraction of sp³-hybridized carbons (Fsp3) is 0.267. The first-order valence-electron chi connectivity index (χ1n) is 6.29. The van der Waals surface area contributed by atoms with Crippen LogP contribution in [0.4, 0.5) is 5.69 Å². The first kappa shape index (κ1) is 13.0. The summed E-state index contributed by atoms with van der Waals surface area (Å²) in [6.45, 7) is 2.04. The molecule has 1 aromatic heterocycles. The van der Waals surface area contributed by atoms with Crippen LogP contribution in [0, 0.1) is 6.92 Å². The maximum absolute atomic E-state index is 4.44. The molecular weight excluding hydrogens is 320 g/mol. The molecule has 1 N–H and O–H groups in total. The van der Waals surface area contributed by atoms with Crippen LogP contribution in [0.15, 0.2) is 41.0 Å². The summed E-state index contributed by atoms with van der Waals surface area (Å²) >= 11 is 5.39. The molecule has 1 aliphatic heterocycles. The number of aromatic nitrogens is 1. The standard InChI is InChI=1S/C15H15BrN2S/c1-10-13(6-7-15(16)17-10)18-14-9-19-8-11-4-2-3-5-12(11)14/h2-7,14,18H,8-9H2,1H3. The molecule has 4 heteroatoms. The summed E-state index contributed by atoms with van der Waals surface area (Å²) in [7, 11) is 0. The van der Waals surface area contributed by atoms with Crippen LogP contribution in [0.3, 0.4) is 0 Å². The van der Waals surface area contributed by atoms with Crippen molar-refractivity contribution in [3.05, 3.63) is 57.8 Å². The highest BCUT2D eigenvalue weighted by atomic mass is 79.9. The van der Waals surface area contributed by atoms with Crippen molar-refractivity contribution in [3.63, 3.8) is 0 Å². The van der Waals surface area contributed by atoms with Crippen molar-refractivity contribution in [2.45, 2.75) is 18.7 Å². The van der Waals surface area contributed by atoms with Crippen LogP contribution in [-0.4, -0.2) is 10.7 Å². The van der Waals surface area contributed by atoms with Gasteiger partial charge >= 0.3 is 0 Å². The summed E-state index contributed by atoms with van der Waals surface area (Å²) < 4.78 is 0.883. The third-order valence-corrected chi connectivity index (χ3v) is 4.88. The lowest BCUT2D eigenvalue weighted by molar-refractivity contribution is 0.866. The summed E-state index contributed by atoms with van der Waals surface area (Å²) in [4.78, 5) is 4.44. The average molecular weight is 335 g/mol. The lowest BCUT2D eigenvalue weighted by atomic mass is 10.0. The van der Waals surface area contributed by atoms with Crippen molar-refractivity contribution >= 4 is 33.4 Å². The second-order valence-electron chi connectivity index (χ2n) is 4.68. The van der Waals surface area contributed by atoms with E-state index in [-0.39, 0.29) is 0 Å². The van der Waals surface area contributed by atoms with E-state index in [0.29, 0.717) is 6.04 Å². The molecule has 0 saturated carbocycles. The third kappa shape index (κ3) is 2.79. The minimum atomic E-state index is 0.372. The van der Waals surface area contributed by atoms with Gasteiger partial charge in [-0.15, -0.1) is 0 Å². The van der Waals surface area contributed by atoms with E-state index < -0.39 is 0 Å². The van der Waals surface area contributed by atoms with Crippen molar-refractivity contribution in [1.82, 2.24) is 4.98 Å². The van der Waals surface area contributed by atoms with E-state index in [1.807, 2.05) is 24.8 Å². The third-order valence-electron chi connectivity index (χ3n) is 3.35. The molecule has 3 rings (SSSR count). The molecule has 1 unspecified atom stereocenters. The van der Waals surface area contributed by atoms with Crippen LogP contribution >= 0.6 is 27.7 Å². The van der Waals surface area contributed by atoms with Gasteiger partial charge in [-0.3, -0.25) is 0 Å². The average Bonchev–Trinajstić information content (AvgIpc) is 2.42. The van der Waals surface area contributed by atoms with Crippen LogP contribution in [0.5, 0.6) is 0 Å². The van der Waals surface area contributed by atoms with E-state index in [9.17, 15) is 0 Å². The highest BCUT2D eigenvalue weighted by molar-refractivity contribution is 9.10. The molecule has 98 valence electrons. The molecule has 19 heavy (non-hydrogen) atoms. The molecule has 2 aromatic rings. The summed E-state index contributed by atoms with van der Waals surface area (Å²) in [5.74, 6) is 2.22. The molecule has 0 bridgehead atoms. The molecule has 0 radical (unpaired) electrons. The number of anilines is 1. The fourth-order valence-corrected chi connectivity index (χ4v) is 3.87. The molecule has 0 aliphatic carbocycles. The molecule has 0 amide bonds. The number of aryl methyl sites for hydroxylation is 1. The van der Waals surface area contributed by atoms with Crippen molar-refractivity contribution < 1.29 is 0 Å². The zero-order valence-corrected chi connectivity index (χ0v) is 13.1. The lowest BCUT2D eigenvalue weighted by Crippen LogP contribution is -2.19. The number of pyridine rings is 1. The maximum Gasteiger partial charge on any atom is 0.106 e. The van der Waals surface area contributed by atoms with Crippen molar-refractivity contribution in [2.24, 2.45) is 0 Å². The number of hydrogen-bond acceptors (Lipinski definition) is 3. The molecule has 0 spiro atoms. The van der Waals surface area contributed by atoms with Crippen LogP contribution in [0.1, 0.15) is 22.9 Å². The van der Waals surface area contributed by atoms with Gasteiger partial charge in [0.05, 0.1) is 17.4 Å². The molecule has 1 atom stereocenters. The second-order valence-corrected chi connectivity index (χ2v) is 6.52. The van der Waals surface area contributed by atoms with Crippen LogP contribution in [0.2, 0.25) is 0 Å². The van der Waals surface area contributed by atoms with Crippen molar-refractivity contribution in [2.75, 3.05) is 11.1 Å². The van der Waals surface area contributed by atoms with E-state index in [1.165, 1.54) is 11.1 Å². The Morgan fingerprint density at radius 1 is 1.26 bits per heavy atom. The number of hydrogen-bond donors (Lipinski definition) is 1. The normalized spacial score (nSPS) is 17.9. The van der Waals surface area contributed by atoms with E-state index in [4.69, 9.17) is 0 Å². The Morgan fingerprint density at radius 2 is 2.11 bits per heavy atom.